The highest BCUT2D eigenvalue weighted by Gasteiger charge is 2.30. The van der Waals surface area contributed by atoms with E-state index in [9.17, 15) is 5.11 Å². The molecule has 3 nitrogen and oxygen atoms in total. The van der Waals surface area contributed by atoms with E-state index in [1.165, 1.54) is 24.8 Å². The van der Waals surface area contributed by atoms with Gasteiger partial charge in [0.05, 0.1) is 6.61 Å². The van der Waals surface area contributed by atoms with Crippen molar-refractivity contribution < 1.29 is 9.84 Å². The van der Waals surface area contributed by atoms with Crippen LogP contribution < -0.4 is 5.73 Å². The van der Waals surface area contributed by atoms with Gasteiger partial charge in [-0.1, -0.05) is 12.5 Å². The first-order valence-corrected chi connectivity index (χ1v) is 6.34. The third-order valence-electron chi connectivity index (χ3n) is 3.32. The highest BCUT2D eigenvalue weighted by molar-refractivity contribution is 5.18. The molecule has 0 amide bonds. The summed E-state index contributed by atoms with van der Waals surface area (Å²) in [6.45, 7) is 1.01. The van der Waals surface area contributed by atoms with E-state index in [2.05, 4.69) is 6.08 Å². The summed E-state index contributed by atoms with van der Waals surface area (Å²) in [5, 5.41) is 10.6. The Balaban J connectivity index is 2.68. The second-order valence-corrected chi connectivity index (χ2v) is 4.69. The van der Waals surface area contributed by atoms with Gasteiger partial charge < -0.3 is 15.6 Å². The van der Waals surface area contributed by atoms with Gasteiger partial charge in [0.25, 0.3) is 0 Å². The molecule has 16 heavy (non-hydrogen) atoms. The summed E-state index contributed by atoms with van der Waals surface area (Å²) >= 11 is 0. The standard InChI is InChI=1S/C13H25NO2/c1-16-11-13(15,9-6-10-14)12-7-4-2-3-5-8-12/h7,15H,2-6,8-11,14H2,1H3. The van der Waals surface area contributed by atoms with E-state index in [0.717, 1.165) is 19.3 Å². The van der Waals surface area contributed by atoms with Crippen LogP contribution in [0.3, 0.4) is 0 Å². The van der Waals surface area contributed by atoms with E-state index in [1.54, 1.807) is 7.11 Å². The predicted octanol–water partition coefficient (Wildman–Crippen LogP) is 1.99. The van der Waals surface area contributed by atoms with Crippen molar-refractivity contribution in [2.24, 2.45) is 5.73 Å². The quantitative estimate of drug-likeness (QED) is 0.682. The van der Waals surface area contributed by atoms with E-state index < -0.39 is 5.60 Å². The van der Waals surface area contributed by atoms with E-state index in [4.69, 9.17) is 10.5 Å². The molecule has 0 heterocycles. The normalized spacial score (nSPS) is 21.1. The molecule has 0 saturated carbocycles. The molecule has 3 heteroatoms. The number of hydrogen-bond donors (Lipinski definition) is 2. The van der Waals surface area contributed by atoms with Gasteiger partial charge in [0.15, 0.2) is 0 Å². The SMILES string of the molecule is COCC(O)(CCCN)C1=CCCCCC1. The molecule has 0 fully saturated rings. The highest BCUT2D eigenvalue weighted by Crippen LogP contribution is 2.30. The summed E-state index contributed by atoms with van der Waals surface area (Å²) in [6, 6.07) is 0. The van der Waals surface area contributed by atoms with Crippen LogP contribution in [0.5, 0.6) is 0 Å². The maximum Gasteiger partial charge on any atom is 0.109 e. The maximum absolute atomic E-state index is 10.6. The second-order valence-electron chi connectivity index (χ2n) is 4.69. The third-order valence-corrected chi connectivity index (χ3v) is 3.32. The average Bonchev–Trinajstić information content (AvgIpc) is 2.55. The lowest BCUT2D eigenvalue weighted by Crippen LogP contribution is -2.37. The van der Waals surface area contributed by atoms with E-state index in [1.807, 2.05) is 0 Å². The zero-order valence-electron chi connectivity index (χ0n) is 10.4. The van der Waals surface area contributed by atoms with Crippen LogP contribution in [-0.4, -0.2) is 31.0 Å². The van der Waals surface area contributed by atoms with Crippen molar-refractivity contribution >= 4 is 0 Å². The average molecular weight is 227 g/mol. The topological polar surface area (TPSA) is 55.5 Å². The van der Waals surface area contributed by atoms with Gasteiger partial charge >= 0.3 is 0 Å². The number of nitrogens with two attached hydrogens (primary N) is 1. The number of rotatable bonds is 6. The fraction of sp³-hybridized carbons (Fsp3) is 0.846. The lowest BCUT2D eigenvalue weighted by molar-refractivity contribution is -0.0120. The van der Waals surface area contributed by atoms with Gasteiger partial charge in [-0.25, -0.2) is 0 Å². The molecule has 1 rings (SSSR count). The second kappa shape index (κ2) is 7.05. The van der Waals surface area contributed by atoms with Gasteiger partial charge in [-0.15, -0.1) is 0 Å². The Kier molecular flexibility index (Phi) is 6.03. The fourth-order valence-electron chi connectivity index (χ4n) is 2.40. The van der Waals surface area contributed by atoms with Gasteiger partial charge in [-0.05, 0) is 50.6 Å². The molecular weight excluding hydrogens is 202 g/mol. The van der Waals surface area contributed by atoms with Crippen LogP contribution in [0.4, 0.5) is 0 Å². The van der Waals surface area contributed by atoms with Crippen LogP contribution in [0.1, 0.15) is 44.9 Å². The zero-order chi connectivity index (χ0) is 11.9. The Morgan fingerprint density at radius 2 is 2.25 bits per heavy atom. The summed E-state index contributed by atoms with van der Waals surface area (Å²) in [4.78, 5) is 0. The Bertz CT molecular complexity index is 228. The van der Waals surface area contributed by atoms with E-state index in [-0.39, 0.29) is 0 Å². The van der Waals surface area contributed by atoms with Gasteiger partial charge in [-0.3, -0.25) is 0 Å². The Morgan fingerprint density at radius 3 is 2.94 bits per heavy atom. The Hall–Kier alpha value is -0.380. The molecule has 0 bridgehead atoms. The number of aliphatic hydroxyl groups is 1. The van der Waals surface area contributed by atoms with E-state index >= 15 is 0 Å². The molecule has 3 N–H and O–H groups in total. The Morgan fingerprint density at radius 1 is 1.44 bits per heavy atom. The molecule has 0 spiro atoms. The van der Waals surface area contributed by atoms with Crippen LogP contribution in [0.15, 0.2) is 11.6 Å². The summed E-state index contributed by atoms with van der Waals surface area (Å²) in [6.07, 6.45) is 9.54. The fourth-order valence-corrected chi connectivity index (χ4v) is 2.40. The molecule has 1 atom stereocenters. The van der Waals surface area contributed by atoms with Gasteiger partial charge in [0.1, 0.15) is 5.60 Å². The molecule has 0 aromatic rings. The van der Waals surface area contributed by atoms with Crippen LogP contribution in [0, 0.1) is 0 Å². The molecule has 1 unspecified atom stereocenters. The van der Waals surface area contributed by atoms with Crippen LogP contribution in [-0.2, 0) is 4.74 Å². The first-order valence-electron chi connectivity index (χ1n) is 6.34. The third kappa shape index (κ3) is 3.89. The lowest BCUT2D eigenvalue weighted by atomic mass is 9.86. The zero-order valence-corrected chi connectivity index (χ0v) is 10.4. The van der Waals surface area contributed by atoms with Gasteiger partial charge in [0.2, 0.25) is 0 Å². The number of ether oxygens (including phenoxy) is 1. The van der Waals surface area contributed by atoms with Crippen molar-refractivity contribution in [3.8, 4) is 0 Å². The molecule has 0 aliphatic heterocycles. The van der Waals surface area contributed by atoms with Gasteiger partial charge in [-0.2, -0.15) is 0 Å². The van der Waals surface area contributed by atoms with Crippen molar-refractivity contribution in [3.05, 3.63) is 11.6 Å². The predicted molar refractivity (Wildman–Crippen MR) is 66.3 cm³/mol. The Labute approximate surface area is 98.7 Å². The van der Waals surface area contributed by atoms with E-state index in [0.29, 0.717) is 19.6 Å². The first-order chi connectivity index (χ1) is 7.73. The molecule has 94 valence electrons. The van der Waals surface area contributed by atoms with Crippen molar-refractivity contribution in [3.63, 3.8) is 0 Å². The number of allylic oxidation sites excluding steroid dienone is 1. The van der Waals surface area contributed by atoms with Crippen LogP contribution in [0.25, 0.3) is 0 Å². The first kappa shape index (κ1) is 13.7. The molecular formula is C13H25NO2. The molecule has 0 aromatic carbocycles. The smallest absolute Gasteiger partial charge is 0.109 e. The highest BCUT2D eigenvalue weighted by atomic mass is 16.5. The van der Waals surface area contributed by atoms with Crippen LogP contribution >= 0.6 is 0 Å². The van der Waals surface area contributed by atoms with Crippen LogP contribution in [0.2, 0.25) is 0 Å². The minimum atomic E-state index is -0.779. The number of methoxy groups -OCH3 is 1. The summed E-state index contributed by atoms with van der Waals surface area (Å²) in [7, 11) is 1.64. The largest absolute Gasteiger partial charge is 0.383 e. The minimum absolute atomic E-state index is 0.388. The van der Waals surface area contributed by atoms with Crippen molar-refractivity contribution in [1.82, 2.24) is 0 Å². The lowest BCUT2D eigenvalue weighted by Gasteiger charge is -2.30. The van der Waals surface area contributed by atoms with Crippen molar-refractivity contribution in [1.29, 1.82) is 0 Å². The maximum atomic E-state index is 10.6. The molecule has 1 aliphatic carbocycles. The minimum Gasteiger partial charge on any atom is -0.383 e. The van der Waals surface area contributed by atoms with Crippen molar-refractivity contribution in [2.75, 3.05) is 20.3 Å². The molecule has 0 aromatic heterocycles. The molecule has 1 aliphatic rings. The van der Waals surface area contributed by atoms with Crippen molar-refractivity contribution in [2.45, 2.75) is 50.5 Å². The summed E-state index contributed by atoms with van der Waals surface area (Å²) < 4.78 is 5.17. The monoisotopic (exact) mass is 227 g/mol. The number of hydrogen-bond acceptors (Lipinski definition) is 3. The summed E-state index contributed by atoms with van der Waals surface area (Å²) in [5.41, 5.74) is 5.91. The molecule has 0 radical (unpaired) electrons. The van der Waals surface area contributed by atoms with Gasteiger partial charge in [0, 0.05) is 7.11 Å². The summed E-state index contributed by atoms with van der Waals surface area (Å²) in [5.74, 6) is 0. The molecule has 0 saturated heterocycles.